The molecule has 2 heterocycles. The van der Waals surface area contributed by atoms with Gasteiger partial charge in [-0.2, -0.15) is 0 Å². The fourth-order valence-corrected chi connectivity index (χ4v) is 5.17. The zero-order chi connectivity index (χ0) is 19.0. The van der Waals surface area contributed by atoms with Crippen molar-refractivity contribution in [3.05, 3.63) is 56.1 Å². The Morgan fingerprint density at radius 3 is 2.89 bits per heavy atom. The number of aryl methyl sites for hydroxylation is 1. The fourth-order valence-electron chi connectivity index (χ4n) is 3.23. The van der Waals surface area contributed by atoms with Gasteiger partial charge in [0.05, 0.1) is 33.5 Å². The molecule has 4 nitrogen and oxygen atoms in total. The van der Waals surface area contributed by atoms with E-state index in [-0.39, 0.29) is 12.0 Å². The van der Waals surface area contributed by atoms with Crippen LogP contribution in [-0.2, 0) is 4.74 Å². The molecule has 0 spiro atoms. The number of rotatable bonds is 4. The van der Waals surface area contributed by atoms with Crippen LogP contribution >= 0.6 is 45.5 Å². The Morgan fingerprint density at radius 1 is 1.37 bits per heavy atom. The highest BCUT2D eigenvalue weighted by Gasteiger charge is 2.28. The van der Waals surface area contributed by atoms with E-state index in [0.29, 0.717) is 22.3 Å². The average molecular weight is 513 g/mol. The number of amides is 1. The van der Waals surface area contributed by atoms with E-state index in [9.17, 15) is 4.79 Å². The van der Waals surface area contributed by atoms with Crippen LogP contribution in [0, 0.1) is 10.5 Å². The summed E-state index contributed by atoms with van der Waals surface area (Å²) in [6.45, 7) is 3.26. The van der Waals surface area contributed by atoms with Gasteiger partial charge in [0.1, 0.15) is 0 Å². The molecule has 4 rings (SSSR count). The van der Waals surface area contributed by atoms with Gasteiger partial charge in [-0.25, -0.2) is 4.98 Å². The highest BCUT2D eigenvalue weighted by molar-refractivity contribution is 14.1. The molecule has 0 saturated carbocycles. The van der Waals surface area contributed by atoms with E-state index in [4.69, 9.17) is 21.3 Å². The van der Waals surface area contributed by atoms with E-state index in [2.05, 4.69) is 22.6 Å². The molecule has 0 bridgehead atoms. The lowest BCUT2D eigenvalue weighted by atomic mass is 10.2. The van der Waals surface area contributed by atoms with Gasteiger partial charge >= 0.3 is 0 Å². The fraction of sp³-hybridized carbons (Fsp3) is 0.300. The van der Waals surface area contributed by atoms with Crippen LogP contribution in [0.3, 0.4) is 0 Å². The van der Waals surface area contributed by atoms with Gasteiger partial charge in [-0.15, -0.1) is 0 Å². The molecule has 27 heavy (non-hydrogen) atoms. The van der Waals surface area contributed by atoms with Crippen molar-refractivity contribution < 1.29 is 9.53 Å². The molecule has 0 aliphatic carbocycles. The van der Waals surface area contributed by atoms with Crippen molar-refractivity contribution >= 4 is 66.8 Å². The number of halogens is 2. The standard InChI is InChI=1S/C20H18ClIN2O2S/c1-12-8-9-15(21)18-17(12)23-20(27-18)24(11-13-5-4-10-26-13)19(25)14-6-2-3-7-16(14)22/h2-3,6-9,13H,4-5,10-11H2,1H3. The number of thiazole rings is 1. The summed E-state index contributed by atoms with van der Waals surface area (Å²) < 4.78 is 7.64. The lowest BCUT2D eigenvalue weighted by Crippen LogP contribution is -2.37. The van der Waals surface area contributed by atoms with E-state index in [1.165, 1.54) is 11.3 Å². The van der Waals surface area contributed by atoms with E-state index >= 15 is 0 Å². The Balaban J connectivity index is 1.78. The SMILES string of the molecule is Cc1ccc(Cl)c2sc(N(CC3CCCO3)C(=O)c3ccccc3I)nc12. The van der Waals surface area contributed by atoms with E-state index in [0.717, 1.165) is 38.8 Å². The predicted molar refractivity (Wildman–Crippen MR) is 119 cm³/mol. The van der Waals surface area contributed by atoms with Gasteiger partial charge in [-0.1, -0.05) is 41.1 Å². The molecule has 1 fully saturated rings. The first-order valence-corrected chi connectivity index (χ1v) is 11.1. The number of fused-ring (bicyclic) bond motifs is 1. The topological polar surface area (TPSA) is 42.4 Å². The van der Waals surface area contributed by atoms with Gasteiger partial charge in [0, 0.05) is 10.2 Å². The van der Waals surface area contributed by atoms with E-state index in [1.807, 2.05) is 43.3 Å². The molecule has 1 aliphatic rings. The zero-order valence-corrected chi connectivity index (χ0v) is 18.5. The largest absolute Gasteiger partial charge is 0.376 e. The molecular formula is C20H18ClIN2O2S. The lowest BCUT2D eigenvalue weighted by molar-refractivity contribution is 0.0916. The minimum absolute atomic E-state index is 0.0407. The smallest absolute Gasteiger partial charge is 0.261 e. The summed E-state index contributed by atoms with van der Waals surface area (Å²) in [6.07, 6.45) is 2.03. The second-order valence-electron chi connectivity index (χ2n) is 6.57. The minimum atomic E-state index is -0.0525. The third kappa shape index (κ3) is 3.85. The zero-order valence-electron chi connectivity index (χ0n) is 14.7. The summed E-state index contributed by atoms with van der Waals surface area (Å²) in [4.78, 5) is 19.9. The summed E-state index contributed by atoms with van der Waals surface area (Å²) in [7, 11) is 0. The Labute approximate surface area is 180 Å². The van der Waals surface area contributed by atoms with Crippen molar-refractivity contribution in [1.82, 2.24) is 4.98 Å². The number of nitrogens with zero attached hydrogens (tertiary/aromatic N) is 2. The molecule has 1 atom stereocenters. The van der Waals surface area contributed by atoms with Gasteiger partial charge in [0.25, 0.3) is 5.91 Å². The van der Waals surface area contributed by atoms with Gasteiger partial charge in [0.15, 0.2) is 5.13 Å². The Bertz CT molecular complexity index is 962. The van der Waals surface area contributed by atoms with Crippen molar-refractivity contribution in [1.29, 1.82) is 0 Å². The highest BCUT2D eigenvalue weighted by Crippen LogP contribution is 2.36. The van der Waals surface area contributed by atoms with Crippen LogP contribution in [0.5, 0.6) is 0 Å². The van der Waals surface area contributed by atoms with Crippen LogP contribution in [0.4, 0.5) is 5.13 Å². The number of carbonyl (C=O) groups excluding carboxylic acids is 1. The second-order valence-corrected chi connectivity index (χ2v) is 9.12. The number of ether oxygens (including phenoxy) is 1. The molecule has 1 aliphatic heterocycles. The molecule has 1 unspecified atom stereocenters. The summed E-state index contributed by atoms with van der Waals surface area (Å²) >= 11 is 10.0. The molecule has 1 saturated heterocycles. The number of hydrogen-bond donors (Lipinski definition) is 0. The Kier molecular flexibility index (Phi) is 5.68. The quantitative estimate of drug-likeness (QED) is 0.422. The molecule has 2 aromatic carbocycles. The van der Waals surface area contributed by atoms with Crippen molar-refractivity contribution in [3.8, 4) is 0 Å². The summed E-state index contributed by atoms with van der Waals surface area (Å²) in [5.41, 5.74) is 2.59. The monoisotopic (exact) mass is 512 g/mol. The molecule has 0 N–H and O–H groups in total. The van der Waals surface area contributed by atoms with E-state index in [1.54, 1.807) is 4.90 Å². The van der Waals surface area contributed by atoms with Crippen LogP contribution in [0.15, 0.2) is 36.4 Å². The minimum Gasteiger partial charge on any atom is -0.376 e. The molecule has 0 radical (unpaired) electrons. The number of hydrogen-bond acceptors (Lipinski definition) is 4. The van der Waals surface area contributed by atoms with Crippen LogP contribution in [0.1, 0.15) is 28.8 Å². The number of aromatic nitrogens is 1. The van der Waals surface area contributed by atoms with Gasteiger partial charge in [-0.3, -0.25) is 9.69 Å². The molecule has 140 valence electrons. The normalized spacial score (nSPS) is 16.8. The van der Waals surface area contributed by atoms with Crippen molar-refractivity contribution in [2.45, 2.75) is 25.9 Å². The van der Waals surface area contributed by atoms with Crippen molar-refractivity contribution in [2.75, 3.05) is 18.1 Å². The molecule has 7 heteroatoms. The highest BCUT2D eigenvalue weighted by atomic mass is 127. The number of anilines is 1. The maximum absolute atomic E-state index is 13.4. The lowest BCUT2D eigenvalue weighted by Gasteiger charge is -2.23. The maximum Gasteiger partial charge on any atom is 0.261 e. The van der Waals surface area contributed by atoms with Crippen molar-refractivity contribution in [3.63, 3.8) is 0 Å². The third-order valence-electron chi connectivity index (χ3n) is 4.68. The van der Waals surface area contributed by atoms with Crippen molar-refractivity contribution in [2.24, 2.45) is 0 Å². The van der Waals surface area contributed by atoms with Crippen LogP contribution in [-0.4, -0.2) is 30.1 Å². The first-order valence-electron chi connectivity index (χ1n) is 8.78. The predicted octanol–water partition coefficient (Wildman–Crippen LogP) is 5.69. The Morgan fingerprint density at radius 2 is 2.19 bits per heavy atom. The molecule has 3 aromatic rings. The molecule has 1 aromatic heterocycles. The van der Waals surface area contributed by atoms with E-state index < -0.39 is 0 Å². The second kappa shape index (κ2) is 8.03. The first kappa shape index (κ1) is 19.1. The maximum atomic E-state index is 13.4. The summed E-state index contributed by atoms with van der Waals surface area (Å²) in [6, 6.07) is 11.5. The van der Waals surface area contributed by atoms with Gasteiger partial charge in [-0.05, 0) is 66.1 Å². The first-order chi connectivity index (χ1) is 13.0. The number of carbonyl (C=O) groups is 1. The van der Waals surface area contributed by atoms with Gasteiger partial charge in [0.2, 0.25) is 0 Å². The number of benzene rings is 2. The summed E-state index contributed by atoms with van der Waals surface area (Å²) in [5, 5.41) is 1.33. The van der Waals surface area contributed by atoms with Crippen LogP contribution < -0.4 is 4.90 Å². The molecular weight excluding hydrogens is 495 g/mol. The van der Waals surface area contributed by atoms with Crippen LogP contribution in [0.2, 0.25) is 5.02 Å². The third-order valence-corrected chi connectivity index (χ3v) is 7.16. The van der Waals surface area contributed by atoms with Crippen LogP contribution in [0.25, 0.3) is 10.2 Å². The van der Waals surface area contributed by atoms with Gasteiger partial charge < -0.3 is 4.74 Å². The molecule has 1 amide bonds. The average Bonchev–Trinajstić information content (AvgIpc) is 3.33. The summed E-state index contributed by atoms with van der Waals surface area (Å²) in [5.74, 6) is -0.0525. The Hall–Kier alpha value is -1.22.